The molecular formula is C13H16N2O3S. The second-order valence-corrected chi connectivity index (χ2v) is 6.70. The number of benzene rings is 1. The van der Waals surface area contributed by atoms with E-state index in [2.05, 4.69) is 0 Å². The maximum absolute atomic E-state index is 12.5. The molecule has 102 valence electrons. The molecule has 0 aliphatic carbocycles. The van der Waals surface area contributed by atoms with Crippen LogP contribution in [0.1, 0.15) is 17.5 Å². The minimum Gasteiger partial charge on any atom is -0.396 e. The molecule has 1 aliphatic rings. The standard InChI is InChI=1S/C13H16N2O3S/c1-10-6-11(7-14)2-3-13(10)19(17,18)15-5-4-12(8-15)9-16/h2-3,6,12,16H,4-5,8-9H2,1H3. The number of hydrogen-bond acceptors (Lipinski definition) is 4. The molecule has 0 amide bonds. The number of aliphatic hydroxyl groups excluding tert-OH is 1. The molecule has 19 heavy (non-hydrogen) atoms. The van der Waals surface area contributed by atoms with E-state index in [0.29, 0.717) is 30.6 Å². The van der Waals surface area contributed by atoms with Gasteiger partial charge in [0.2, 0.25) is 10.0 Å². The van der Waals surface area contributed by atoms with Gasteiger partial charge in [0.25, 0.3) is 0 Å². The summed E-state index contributed by atoms with van der Waals surface area (Å²) in [6.07, 6.45) is 0.686. The van der Waals surface area contributed by atoms with Crippen molar-refractivity contribution in [2.75, 3.05) is 19.7 Å². The molecular weight excluding hydrogens is 264 g/mol. The van der Waals surface area contributed by atoms with Gasteiger partial charge in [0, 0.05) is 19.7 Å². The molecule has 1 aliphatic heterocycles. The highest BCUT2D eigenvalue weighted by molar-refractivity contribution is 7.89. The van der Waals surface area contributed by atoms with Crippen LogP contribution in [0.15, 0.2) is 23.1 Å². The Labute approximate surface area is 113 Å². The first-order valence-corrected chi connectivity index (χ1v) is 7.55. The first-order chi connectivity index (χ1) is 8.98. The summed E-state index contributed by atoms with van der Waals surface area (Å²) in [6, 6.07) is 6.56. The van der Waals surface area contributed by atoms with Gasteiger partial charge in [-0.3, -0.25) is 0 Å². The lowest BCUT2D eigenvalue weighted by molar-refractivity contribution is 0.233. The number of nitriles is 1. The van der Waals surface area contributed by atoms with E-state index in [0.717, 1.165) is 0 Å². The fourth-order valence-corrected chi connectivity index (χ4v) is 4.05. The van der Waals surface area contributed by atoms with Crippen molar-refractivity contribution in [2.24, 2.45) is 5.92 Å². The van der Waals surface area contributed by atoms with Crippen molar-refractivity contribution in [3.8, 4) is 6.07 Å². The number of nitrogens with zero attached hydrogens (tertiary/aromatic N) is 2. The number of rotatable bonds is 3. The van der Waals surface area contributed by atoms with E-state index >= 15 is 0 Å². The number of aryl methyl sites for hydroxylation is 1. The largest absolute Gasteiger partial charge is 0.396 e. The van der Waals surface area contributed by atoms with Crippen molar-refractivity contribution in [1.82, 2.24) is 4.31 Å². The third kappa shape index (κ3) is 2.63. The van der Waals surface area contributed by atoms with Crippen LogP contribution in [-0.4, -0.2) is 37.5 Å². The summed E-state index contributed by atoms with van der Waals surface area (Å²) in [5.41, 5.74) is 1.03. The second kappa shape index (κ2) is 5.29. The Morgan fingerprint density at radius 1 is 1.53 bits per heavy atom. The molecule has 6 heteroatoms. The van der Waals surface area contributed by atoms with Crippen LogP contribution in [0.5, 0.6) is 0 Å². The third-order valence-electron chi connectivity index (χ3n) is 3.43. The molecule has 1 unspecified atom stereocenters. The number of sulfonamides is 1. The van der Waals surface area contributed by atoms with Crippen LogP contribution in [0.25, 0.3) is 0 Å². The normalized spacial score (nSPS) is 20.4. The van der Waals surface area contributed by atoms with Gasteiger partial charge >= 0.3 is 0 Å². The van der Waals surface area contributed by atoms with Gasteiger partial charge in [-0.15, -0.1) is 0 Å². The fourth-order valence-electron chi connectivity index (χ4n) is 2.31. The predicted molar refractivity (Wildman–Crippen MR) is 69.8 cm³/mol. The molecule has 5 nitrogen and oxygen atoms in total. The van der Waals surface area contributed by atoms with Crippen LogP contribution in [0.3, 0.4) is 0 Å². The van der Waals surface area contributed by atoms with E-state index in [1.807, 2.05) is 6.07 Å². The zero-order chi connectivity index (χ0) is 14.0. The molecule has 1 saturated heterocycles. The average molecular weight is 280 g/mol. The molecule has 1 N–H and O–H groups in total. The van der Waals surface area contributed by atoms with Gasteiger partial charge in [-0.1, -0.05) is 0 Å². The van der Waals surface area contributed by atoms with Crippen molar-refractivity contribution in [3.05, 3.63) is 29.3 Å². The van der Waals surface area contributed by atoms with E-state index < -0.39 is 10.0 Å². The zero-order valence-corrected chi connectivity index (χ0v) is 11.5. The monoisotopic (exact) mass is 280 g/mol. The van der Waals surface area contributed by atoms with Gasteiger partial charge in [-0.2, -0.15) is 9.57 Å². The minimum absolute atomic E-state index is 0.0123. The van der Waals surface area contributed by atoms with Gasteiger partial charge in [0.15, 0.2) is 0 Å². The second-order valence-electron chi connectivity index (χ2n) is 4.79. The van der Waals surface area contributed by atoms with Gasteiger partial charge in [-0.25, -0.2) is 8.42 Å². The SMILES string of the molecule is Cc1cc(C#N)ccc1S(=O)(=O)N1CCC(CO)C1. The molecule has 2 rings (SSSR count). The topological polar surface area (TPSA) is 81.4 Å². The maximum Gasteiger partial charge on any atom is 0.243 e. The Hall–Kier alpha value is -1.42. The van der Waals surface area contributed by atoms with E-state index in [1.54, 1.807) is 13.0 Å². The van der Waals surface area contributed by atoms with E-state index in [9.17, 15) is 8.42 Å². The lowest BCUT2D eigenvalue weighted by atomic mass is 10.1. The molecule has 0 bridgehead atoms. The van der Waals surface area contributed by atoms with Crippen molar-refractivity contribution in [1.29, 1.82) is 5.26 Å². The smallest absolute Gasteiger partial charge is 0.243 e. The number of aliphatic hydroxyl groups is 1. The van der Waals surface area contributed by atoms with Crippen LogP contribution in [0.2, 0.25) is 0 Å². The van der Waals surface area contributed by atoms with Gasteiger partial charge in [-0.05, 0) is 43.0 Å². The summed E-state index contributed by atoms with van der Waals surface area (Å²) in [5.74, 6) is 0.0217. The average Bonchev–Trinajstić information content (AvgIpc) is 2.87. The Kier molecular flexibility index (Phi) is 3.90. The van der Waals surface area contributed by atoms with Crippen molar-refractivity contribution in [3.63, 3.8) is 0 Å². The van der Waals surface area contributed by atoms with E-state index in [4.69, 9.17) is 10.4 Å². The Morgan fingerprint density at radius 3 is 2.79 bits per heavy atom. The molecule has 1 atom stereocenters. The van der Waals surface area contributed by atoms with Crippen LogP contribution < -0.4 is 0 Å². The number of hydrogen-bond donors (Lipinski definition) is 1. The first kappa shape index (κ1) is 14.0. The molecule has 1 aromatic rings. The summed E-state index contributed by atoms with van der Waals surface area (Å²) >= 11 is 0. The molecule has 0 aromatic heterocycles. The highest BCUT2D eigenvalue weighted by atomic mass is 32.2. The van der Waals surface area contributed by atoms with Crippen LogP contribution >= 0.6 is 0 Å². The highest BCUT2D eigenvalue weighted by Gasteiger charge is 2.32. The van der Waals surface area contributed by atoms with E-state index in [-0.39, 0.29) is 17.4 Å². The summed E-state index contributed by atoms with van der Waals surface area (Å²) in [6.45, 7) is 2.50. The van der Waals surface area contributed by atoms with Crippen molar-refractivity contribution in [2.45, 2.75) is 18.2 Å². The predicted octanol–water partition coefficient (Wildman–Crippen LogP) is 0.870. The van der Waals surface area contributed by atoms with Crippen LogP contribution in [-0.2, 0) is 10.0 Å². The zero-order valence-electron chi connectivity index (χ0n) is 10.7. The minimum atomic E-state index is -3.52. The molecule has 1 aromatic carbocycles. The quantitative estimate of drug-likeness (QED) is 0.890. The summed E-state index contributed by atoms with van der Waals surface area (Å²) in [4.78, 5) is 0.241. The van der Waals surface area contributed by atoms with Crippen LogP contribution in [0.4, 0.5) is 0 Å². The molecule has 1 fully saturated rings. The van der Waals surface area contributed by atoms with Crippen molar-refractivity contribution >= 4 is 10.0 Å². The van der Waals surface area contributed by atoms with E-state index in [1.165, 1.54) is 16.4 Å². The molecule has 0 radical (unpaired) electrons. The molecule has 0 saturated carbocycles. The fraction of sp³-hybridized carbons (Fsp3) is 0.462. The highest BCUT2D eigenvalue weighted by Crippen LogP contribution is 2.26. The third-order valence-corrected chi connectivity index (χ3v) is 5.45. The van der Waals surface area contributed by atoms with Gasteiger partial charge < -0.3 is 5.11 Å². The summed E-state index contributed by atoms with van der Waals surface area (Å²) < 4.78 is 26.4. The molecule has 0 spiro atoms. The first-order valence-electron chi connectivity index (χ1n) is 6.11. The summed E-state index contributed by atoms with van der Waals surface area (Å²) in [5, 5.41) is 17.9. The maximum atomic E-state index is 12.5. The Morgan fingerprint density at radius 2 is 2.26 bits per heavy atom. The van der Waals surface area contributed by atoms with Crippen molar-refractivity contribution < 1.29 is 13.5 Å². The van der Waals surface area contributed by atoms with Gasteiger partial charge in [0.1, 0.15) is 0 Å². The Balaban J connectivity index is 2.33. The molecule has 1 heterocycles. The Bertz CT molecular complexity index is 619. The lowest BCUT2D eigenvalue weighted by Gasteiger charge is -2.17. The van der Waals surface area contributed by atoms with Gasteiger partial charge in [0.05, 0.1) is 16.5 Å². The van der Waals surface area contributed by atoms with Crippen LogP contribution in [0, 0.1) is 24.2 Å². The lowest BCUT2D eigenvalue weighted by Crippen LogP contribution is -2.29. The summed E-state index contributed by atoms with van der Waals surface area (Å²) in [7, 11) is -3.52.